The highest BCUT2D eigenvalue weighted by Crippen LogP contribution is 2.32. The van der Waals surface area contributed by atoms with Gasteiger partial charge < -0.3 is 14.8 Å². The lowest BCUT2D eigenvalue weighted by Gasteiger charge is -2.14. The first-order chi connectivity index (χ1) is 9.77. The van der Waals surface area contributed by atoms with Crippen molar-refractivity contribution in [3.05, 3.63) is 53.6 Å². The maximum atomic E-state index is 12.9. The van der Waals surface area contributed by atoms with Gasteiger partial charge in [0.25, 0.3) is 0 Å². The van der Waals surface area contributed by atoms with E-state index in [9.17, 15) is 13.2 Å². The number of aryl methyl sites for hydroxylation is 1. The summed E-state index contributed by atoms with van der Waals surface area (Å²) < 4.78 is 44.1. The first kappa shape index (κ1) is 15.4. The Labute approximate surface area is 119 Å². The molecule has 2 N–H and O–H groups in total. The molecular weight excluding hydrogens is 284 g/mol. The summed E-state index contributed by atoms with van der Waals surface area (Å²) in [5.41, 5.74) is -0.840. The van der Waals surface area contributed by atoms with Crippen LogP contribution in [0, 0.1) is 6.92 Å². The molecule has 2 aromatic carbocycles. The Bertz CT molecular complexity index is 642. The third-order valence-electron chi connectivity index (χ3n) is 2.83. The Kier molecular flexibility index (Phi) is 4.25. The van der Waals surface area contributed by atoms with Crippen LogP contribution < -0.4 is 10.2 Å². The maximum Gasteiger partial charge on any atom is 0.489 e. The Balaban J connectivity index is 2.38. The summed E-state index contributed by atoms with van der Waals surface area (Å²) in [7, 11) is -2.20. The lowest BCUT2D eigenvalue weighted by Crippen LogP contribution is -2.35. The van der Waals surface area contributed by atoms with Crippen LogP contribution in [0.25, 0.3) is 0 Å². The van der Waals surface area contributed by atoms with E-state index in [1.165, 1.54) is 6.07 Å². The summed E-state index contributed by atoms with van der Waals surface area (Å²) in [6.45, 7) is 1.83. The van der Waals surface area contributed by atoms with E-state index in [2.05, 4.69) is 0 Å². The lowest BCUT2D eigenvalue weighted by molar-refractivity contribution is -0.137. The number of rotatable bonds is 3. The van der Waals surface area contributed by atoms with Crippen molar-refractivity contribution in [1.82, 2.24) is 0 Å². The Hall–Kier alpha value is -1.99. The molecule has 0 atom stereocenters. The number of alkyl halides is 3. The predicted octanol–water partition coefficient (Wildman–Crippen LogP) is 2.49. The van der Waals surface area contributed by atoms with Gasteiger partial charge in [0.05, 0.1) is 5.56 Å². The van der Waals surface area contributed by atoms with Crippen LogP contribution in [0.15, 0.2) is 42.5 Å². The SMILES string of the molecule is Cc1cccc(Oc2ccc(B(O)O)c(C(F)(F)F)c2)c1. The molecule has 0 unspecified atom stereocenters. The molecule has 21 heavy (non-hydrogen) atoms. The normalized spacial score (nSPS) is 11.3. The van der Waals surface area contributed by atoms with E-state index in [-0.39, 0.29) is 5.75 Å². The molecular formula is C14H12BF3O3. The zero-order valence-corrected chi connectivity index (χ0v) is 11.1. The molecule has 0 aliphatic heterocycles. The number of benzene rings is 2. The maximum absolute atomic E-state index is 12.9. The van der Waals surface area contributed by atoms with Crippen molar-refractivity contribution in [2.24, 2.45) is 0 Å². The average molecular weight is 296 g/mol. The van der Waals surface area contributed by atoms with Gasteiger partial charge in [0.2, 0.25) is 0 Å². The monoisotopic (exact) mass is 296 g/mol. The molecule has 0 radical (unpaired) electrons. The Morgan fingerprint density at radius 1 is 1.00 bits per heavy atom. The fourth-order valence-electron chi connectivity index (χ4n) is 1.88. The van der Waals surface area contributed by atoms with Gasteiger partial charge in [-0.25, -0.2) is 0 Å². The molecule has 7 heteroatoms. The molecule has 110 valence electrons. The van der Waals surface area contributed by atoms with Crippen LogP contribution in [0.4, 0.5) is 13.2 Å². The summed E-state index contributed by atoms with van der Waals surface area (Å²) in [4.78, 5) is 0. The van der Waals surface area contributed by atoms with Crippen LogP contribution in [0.5, 0.6) is 11.5 Å². The molecule has 0 aliphatic carbocycles. The van der Waals surface area contributed by atoms with Crippen molar-refractivity contribution in [2.75, 3.05) is 0 Å². The third-order valence-corrected chi connectivity index (χ3v) is 2.83. The third kappa shape index (κ3) is 3.77. The van der Waals surface area contributed by atoms with Crippen molar-refractivity contribution < 1.29 is 28.0 Å². The van der Waals surface area contributed by atoms with Crippen LogP contribution >= 0.6 is 0 Å². The van der Waals surface area contributed by atoms with Crippen molar-refractivity contribution in [3.8, 4) is 11.5 Å². The average Bonchev–Trinajstić information content (AvgIpc) is 2.37. The molecule has 0 bridgehead atoms. The second kappa shape index (κ2) is 5.79. The van der Waals surface area contributed by atoms with Gasteiger partial charge in [-0.05, 0) is 42.2 Å². The number of halogens is 3. The van der Waals surface area contributed by atoms with Crippen LogP contribution in [-0.2, 0) is 6.18 Å². The van der Waals surface area contributed by atoms with E-state index in [0.717, 1.165) is 17.7 Å². The van der Waals surface area contributed by atoms with Gasteiger partial charge in [-0.15, -0.1) is 0 Å². The molecule has 0 amide bonds. The second-order valence-corrected chi connectivity index (χ2v) is 4.54. The summed E-state index contributed by atoms with van der Waals surface area (Å²) in [6.07, 6.45) is -4.70. The molecule has 0 saturated carbocycles. The topological polar surface area (TPSA) is 49.7 Å². The minimum Gasteiger partial charge on any atom is -0.457 e. The summed E-state index contributed by atoms with van der Waals surface area (Å²) >= 11 is 0. The highest BCUT2D eigenvalue weighted by Gasteiger charge is 2.36. The predicted molar refractivity (Wildman–Crippen MR) is 72.5 cm³/mol. The van der Waals surface area contributed by atoms with Crippen molar-refractivity contribution in [1.29, 1.82) is 0 Å². The van der Waals surface area contributed by atoms with E-state index in [1.54, 1.807) is 18.2 Å². The zero-order valence-electron chi connectivity index (χ0n) is 11.1. The summed E-state index contributed by atoms with van der Waals surface area (Å²) in [5.74, 6) is 0.373. The van der Waals surface area contributed by atoms with Crippen molar-refractivity contribution in [3.63, 3.8) is 0 Å². The Morgan fingerprint density at radius 3 is 2.24 bits per heavy atom. The van der Waals surface area contributed by atoms with E-state index < -0.39 is 24.3 Å². The Morgan fingerprint density at radius 2 is 1.67 bits per heavy atom. The van der Waals surface area contributed by atoms with Crippen molar-refractivity contribution >= 4 is 12.6 Å². The molecule has 0 heterocycles. The molecule has 0 aliphatic rings. The van der Waals surface area contributed by atoms with Gasteiger partial charge in [-0.1, -0.05) is 18.2 Å². The van der Waals surface area contributed by atoms with Crippen LogP contribution in [-0.4, -0.2) is 17.2 Å². The van der Waals surface area contributed by atoms with E-state index in [1.807, 2.05) is 13.0 Å². The van der Waals surface area contributed by atoms with Gasteiger partial charge in [0.1, 0.15) is 11.5 Å². The smallest absolute Gasteiger partial charge is 0.457 e. The van der Waals surface area contributed by atoms with Gasteiger partial charge >= 0.3 is 13.3 Å². The standard InChI is InChI=1S/C14H12BF3O3/c1-9-3-2-4-10(7-9)21-11-5-6-13(15(19)20)12(8-11)14(16,17)18/h2-8,19-20H,1H3. The quantitative estimate of drug-likeness (QED) is 0.856. The molecule has 0 spiro atoms. The largest absolute Gasteiger partial charge is 0.489 e. The lowest BCUT2D eigenvalue weighted by atomic mass is 9.77. The fraction of sp³-hybridized carbons (Fsp3) is 0.143. The molecule has 2 rings (SSSR count). The van der Waals surface area contributed by atoms with Crippen LogP contribution in [0.1, 0.15) is 11.1 Å². The molecule has 0 aromatic heterocycles. The van der Waals surface area contributed by atoms with Crippen LogP contribution in [0.3, 0.4) is 0 Å². The first-order valence-corrected chi connectivity index (χ1v) is 6.09. The minimum absolute atomic E-state index is 0.0303. The molecule has 0 fully saturated rings. The highest BCUT2D eigenvalue weighted by atomic mass is 19.4. The second-order valence-electron chi connectivity index (χ2n) is 4.54. The minimum atomic E-state index is -4.70. The van der Waals surface area contributed by atoms with Crippen LogP contribution in [0.2, 0.25) is 0 Å². The number of hydrogen-bond acceptors (Lipinski definition) is 3. The van der Waals surface area contributed by atoms with E-state index >= 15 is 0 Å². The van der Waals surface area contributed by atoms with Crippen molar-refractivity contribution in [2.45, 2.75) is 13.1 Å². The molecule has 0 saturated heterocycles. The fourth-order valence-corrected chi connectivity index (χ4v) is 1.88. The van der Waals surface area contributed by atoms with Gasteiger partial charge in [0.15, 0.2) is 0 Å². The van der Waals surface area contributed by atoms with E-state index in [0.29, 0.717) is 5.75 Å². The summed E-state index contributed by atoms with van der Waals surface area (Å²) in [5, 5.41) is 18.0. The molecule has 2 aromatic rings. The molecule has 3 nitrogen and oxygen atoms in total. The first-order valence-electron chi connectivity index (χ1n) is 6.09. The highest BCUT2D eigenvalue weighted by molar-refractivity contribution is 6.59. The summed E-state index contributed by atoms with van der Waals surface area (Å²) in [6, 6.07) is 9.85. The number of ether oxygens (including phenoxy) is 1. The van der Waals surface area contributed by atoms with E-state index in [4.69, 9.17) is 14.8 Å². The van der Waals surface area contributed by atoms with Gasteiger partial charge in [-0.2, -0.15) is 13.2 Å². The van der Waals surface area contributed by atoms with Gasteiger partial charge in [-0.3, -0.25) is 0 Å². The zero-order chi connectivity index (χ0) is 15.6. The van der Waals surface area contributed by atoms with Gasteiger partial charge in [0, 0.05) is 0 Å². The number of hydrogen-bond donors (Lipinski definition) is 2.